The molecular formula is C17H20N4O3. The van der Waals surface area contributed by atoms with Crippen LogP contribution in [0.4, 0.5) is 5.82 Å². The first kappa shape index (κ1) is 16.4. The minimum atomic E-state index is -0.580. The molecule has 0 saturated carbocycles. The van der Waals surface area contributed by atoms with Crippen LogP contribution in [-0.4, -0.2) is 46.6 Å². The molecule has 7 heteroatoms. The number of benzene rings is 1. The molecule has 1 atom stereocenters. The number of aromatic nitrogens is 2. The van der Waals surface area contributed by atoms with Crippen molar-refractivity contribution in [1.82, 2.24) is 14.9 Å². The number of carbonyl (C=O) groups excluding carboxylic acids is 1. The van der Waals surface area contributed by atoms with Crippen molar-refractivity contribution in [1.29, 1.82) is 0 Å². The maximum Gasteiger partial charge on any atom is 0.347 e. The summed E-state index contributed by atoms with van der Waals surface area (Å²) in [5.74, 6) is -0.0460. The Balaban J connectivity index is 1.61. The van der Waals surface area contributed by atoms with Crippen LogP contribution in [0, 0.1) is 6.92 Å². The summed E-state index contributed by atoms with van der Waals surface area (Å²) < 4.78 is 5.57. The van der Waals surface area contributed by atoms with Gasteiger partial charge in [0.15, 0.2) is 0 Å². The second-order valence-electron chi connectivity index (χ2n) is 5.82. The first-order valence-corrected chi connectivity index (χ1v) is 7.87. The van der Waals surface area contributed by atoms with Gasteiger partial charge in [-0.25, -0.2) is 4.79 Å². The highest BCUT2D eigenvalue weighted by molar-refractivity contribution is 5.93. The van der Waals surface area contributed by atoms with Crippen molar-refractivity contribution < 1.29 is 9.53 Å². The summed E-state index contributed by atoms with van der Waals surface area (Å²) in [5, 5.41) is 2.66. The number of nitrogens with one attached hydrogen (secondary N) is 2. The van der Waals surface area contributed by atoms with Crippen LogP contribution in [0.2, 0.25) is 0 Å². The highest BCUT2D eigenvalue weighted by Crippen LogP contribution is 2.12. The van der Waals surface area contributed by atoms with Gasteiger partial charge in [0.1, 0.15) is 11.9 Å². The van der Waals surface area contributed by atoms with Gasteiger partial charge in [-0.05, 0) is 12.5 Å². The number of ether oxygens (including phenoxy) is 1. The smallest absolute Gasteiger partial charge is 0.347 e. The minimum Gasteiger partial charge on any atom is -0.366 e. The lowest BCUT2D eigenvalue weighted by molar-refractivity contribution is -0.133. The molecule has 2 N–H and O–H groups in total. The van der Waals surface area contributed by atoms with E-state index in [1.165, 1.54) is 5.56 Å². The average Bonchev–Trinajstić information content (AvgIpc) is 2.55. The molecule has 1 unspecified atom stereocenters. The van der Waals surface area contributed by atoms with Crippen molar-refractivity contribution in [3.63, 3.8) is 0 Å². The van der Waals surface area contributed by atoms with Gasteiger partial charge in [-0.2, -0.15) is 4.98 Å². The van der Waals surface area contributed by atoms with Crippen LogP contribution in [0.15, 0.2) is 41.2 Å². The summed E-state index contributed by atoms with van der Waals surface area (Å²) >= 11 is 0. The molecule has 126 valence electrons. The molecule has 24 heavy (non-hydrogen) atoms. The van der Waals surface area contributed by atoms with Crippen molar-refractivity contribution in [2.75, 3.05) is 25.0 Å². The number of carbonyl (C=O) groups is 1. The second kappa shape index (κ2) is 7.37. The minimum absolute atomic E-state index is 0.241. The van der Waals surface area contributed by atoms with E-state index in [1.807, 2.05) is 18.2 Å². The summed E-state index contributed by atoms with van der Waals surface area (Å²) in [6.07, 6.45) is -0.580. The van der Waals surface area contributed by atoms with E-state index in [0.717, 1.165) is 13.1 Å². The van der Waals surface area contributed by atoms with Crippen LogP contribution in [0.5, 0.6) is 0 Å². The van der Waals surface area contributed by atoms with Crippen LogP contribution >= 0.6 is 0 Å². The van der Waals surface area contributed by atoms with E-state index in [0.29, 0.717) is 18.8 Å². The topological polar surface area (TPSA) is 87.3 Å². The molecule has 1 aromatic carbocycles. The van der Waals surface area contributed by atoms with Gasteiger partial charge in [0.05, 0.1) is 6.61 Å². The van der Waals surface area contributed by atoms with Crippen LogP contribution in [0.1, 0.15) is 11.3 Å². The summed E-state index contributed by atoms with van der Waals surface area (Å²) in [6, 6.07) is 11.7. The molecule has 1 aliphatic heterocycles. The van der Waals surface area contributed by atoms with Gasteiger partial charge in [-0.15, -0.1) is 0 Å². The molecule has 1 fully saturated rings. The number of nitrogens with zero attached hydrogens (tertiary/aromatic N) is 2. The number of hydrogen-bond acceptors (Lipinski definition) is 5. The monoisotopic (exact) mass is 328 g/mol. The largest absolute Gasteiger partial charge is 0.366 e. The maximum absolute atomic E-state index is 12.4. The Kier molecular flexibility index (Phi) is 5.02. The van der Waals surface area contributed by atoms with E-state index < -0.39 is 11.8 Å². The predicted octanol–water partition coefficient (Wildman–Crippen LogP) is 0.918. The second-order valence-corrected chi connectivity index (χ2v) is 5.82. The molecule has 7 nitrogen and oxygen atoms in total. The fourth-order valence-corrected chi connectivity index (χ4v) is 2.70. The molecule has 3 rings (SSSR count). The molecule has 0 bridgehead atoms. The van der Waals surface area contributed by atoms with Crippen molar-refractivity contribution in [2.45, 2.75) is 19.6 Å². The van der Waals surface area contributed by atoms with Crippen LogP contribution in [0.25, 0.3) is 0 Å². The van der Waals surface area contributed by atoms with Gasteiger partial charge in [0, 0.05) is 31.4 Å². The van der Waals surface area contributed by atoms with Crippen LogP contribution in [0.3, 0.4) is 0 Å². The molecule has 2 aromatic rings. The number of hydrogen-bond donors (Lipinski definition) is 2. The number of H-pyrrole nitrogens is 1. The lowest BCUT2D eigenvalue weighted by Crippen LogP contribution is -2.47. The van der Waals surface area contributed by atoms with E-state index >= 15 is 0 Å². The zero-order chi connectivity index (χ0) is 16.9. The Morgan fingerprint density at radius 3 is 2.96 bits per heavy atom. The van der Waals surface area contributed by atoms with Crippen molar-refractivity contribution in [2.24, 2.45) is 0 Å². The van der Waals surface area contributed by atoms with Crippen molar-refractivity contribution in [3.05, 3.63) is 58.1 Å². The normalized spacial score (nSPS) is 18.3. The van der Waals surface area contributed by atoms with Gasteiger partial charge in [0.2, 0.25) is 0 Å². The molecule has 1 aromatic heterocycles. The highest BCUT2D eigenvalue weighted by atomic mass is 16.5. The van der Waals surface area contributed by atoms with E-state index in [4.69, 9.17) is 4.74 Å². The summed E-state index contributed by atoms with van der Waals surface area (Å²) in [5.41, 5.74) is 1.35. The average molecular weight is 328 g/mol. The van der Waals surface area contributed by atoms with E-state index in [1.54, 1.807) is 13.0 Å². The predicted molar refractivity (Wildman–Crippen MR) is 89.7 cm³/mol. The standard InChI is InChI=1S/C17H20N4O3/c1-12-9-15(20-17(23)18-12)19-16(22)14-11-21(7-8-24-14)10-13-5-3-2-4-6-13/h2-6,9,14H,7-8,10-11H2,1H3,(H2,18,19,20,22,23). The Labute approximate surface area is 139 Å². The summed E-state index contributed by atoms with van der Waals surface area (Å²) in [4.78, 5) is 32.2. The van der Waals surface area contributed by atoms with Crippen molar-refractivity contribution in [3.8, 4) is 0 Å². The van der Waals surface area contributed by atoms with Crippen LogP contribution in [-0.2, 0) is 16.1 Å². The fourth-order valence-electron chi connectivity index (χ4n) is 2.70. The molecule has 0 aliphatic carbocycles. The van der Waals surface area contributed by atoms with Gasteiger partial charge in [-0.3, -0.25) is 9.69 Å². The first-order chi connectivity index (χ1) is 11.6. The third-order valence-electron chi connectivity index (χ3n) is 3.82. The van der Waals surface area contributed by atoms with Crippen molar-refractivity contribution >= 4 is 11.7 Å². The molecule has 0 spiro atoms. The van der Waals surface area contributed by atoms with Gasteiger partial charge < -0.3 is 15.0 Å². The molecular weight excluding hydrogens is 308 g/mol. The lowest BCUT2D eigenvalue weighted by atomic mass is 10.2. The number of aryl methyl sites for hydroxylation is 1. The zero-order valence-corrected chi connectivity index (χ0v) is 13.5. The first-order valence-electron chi connectivity index (χ1n) is 7.87. The van der Waals surface area contributed by atoms with E-state index in [-0.39, 0.29) is 11.7 Å². The Hall–Kier alpha value is -2.51. The maximum atomic E-state index is 12.4. The third kappa shape index (κ3) is 4.27. The van der Waals surface area contributed by atoms with Crippen LogP contribution < -0.4 is 11.0 Å². The lowest BCUT2D eigenvalue weighted by Gasteiger charge is -2.32. The number of rotatable bonds is 4. The quantitative estimate of drug-likeness (QED) is 0.871. The Morgan fingerprint density at radius 1 is 1.42 bits per heavy atom. The SMILES string of the molecule is Cc1cc(NC(=O)C2CN(Cc3ccccc3)CCO2)nc(=O)[nH]1. The van der Waals surface area contributed by atoms with E-state index in [2.05, 4.69) is 32.3 Å². The van der Waals surface area contributed by atoms with Gasteiger partial charge in [-0.1, -0.05) is 30.3 Å². The number of morpholine rings is 1. The van der Waals surface area contributed by atoms with Gasteiger partial charge in [0.25, 0.3) is 5.91 Å². The molecule has 0 radical (unpaired) electrons. The third-order valence-corrected chi connectivity index (χ3v) is 3.82. The molecule has 1 saturated heterocycles. The summed E-state index contributed by atoms with van der Waals surface area (Å²) in [7, 11) is 0. The molecule has 2 heterocycles. The number of aromatic amines is 1. The van der Waals surface area contributed by atoms with E-state index in [9.17, 15) is 9.59 Å². The molecule has 1 aliphatic rings. The Bertz CT molecular complexity index is 760. The Morgan fingerprint density at radius 2 is 2.21 bits per heavy atom. The number of amides is 1. The number of anilines is 1. The molecule has 1 amide bonds. The highest BCUT2D eigenvalue weighted by Gasteiger charge is 2.27. The van der Waals surface area contributed by atoms with Gasteiger partial charge >= 0.3 is 5.69 Å². The summed E-state index contributed by atoms with van der Waals surface area (Å²) in [6.45, 7) is 4.28. The zero-order valence-electron chi connectivity index (χ0n) is 13.5. The fraction of sp³-hybridized carbons (Fsp3) is 0.353.